The van der Waals surface area contributed by atoms with Crippen LogP contribution in [-0.4, -0.2) is 48.9 Å². The van der Waals surface area contributed by atoms with Gasteiger partial charge in [0.2, 0.25) is 0 Å². The Morgan fingerprint density at radius 2 is 2.00 bits per heavy atom. The zero-order valence-electron chi connectivity index (χ0n) is 19.9. The molecule has 4 rings (SSSR count). The summed E-state index contributed by atoms with van der Waals surface area (Å²) in [5.41, 5.74) is 3.73. The van der Waals surface area contributed by atoms with Gasteiger partial charge < -0.3 is 15.7 Å². The van der Waals surface area contributed by atoms with Crippen molar-refractivity contribution in [2.24, 2.45) is 5.92 Å². The molecule has 9 nitrogen and oxygen atoms in total. The largest absolute Gasteiger partial charge is 0.394 e. The van der Waals surface area contributed by atoms with Gasteiger partial charge in [-0.15, -0.1) is 0 Å². The van der Waals surface area contributed by atoms with Gasteiger partial charge in [-0.05, 0) is 42.8 Å². The maximum atomic E-state index is 13.4. The number of thiophene rings is 1. The average molecular weight is 493 g/mol. The third kappa shape index (κ3) is 5.55. The highest BCUT2D eigenvalue weighted by Gasteiger charge is 2.25. The smallest absolute Gasteiger partial charge is 0.270 e. The van der Waals surface area contributed by atoms with E-state index in [0.717, 1.165) is 11.3 Å². The summed E-state index contributed by atoms with van der Waals surface area (Å²) in [6.45, 7) is 5.97. The first-order chi connectivity index (χ1) is 16.9. The molecular formula is C25H28N6O3S. The minimum absolute atomic E-state index is 0.163. The molecule has 0 unspecified atom stereocenters. The molecule has 0 spiro atoms. The molecule has 0 aliphatic heterocycles. The lowest BCUT2D eigenvalue weighted by Crippen LogP contribution is -2.39. The van der Waals surface area contributed by atoms with E-state index in [1.807, 2.05) is 37.6 Å². The fraction of sp³-hybridized carbons (Fsp3) is 0.320. The van der Waals surface area contributed by atoms with Crippen LogP contribution >= 0.6 is 11.3 Å². The van der Waals surface area contributed by atoms with Crippen molar-refractivity contribution < 1.29 is 14.7 Å². The van der Waals surface area contributed by atoms with Crippen molar-refractivity contribution in [2.45, 2.75) is 39.8 Å². The Hall–Kier alpha value is -3.63. The topological polar surface area (TPSA) is 122 Å². The summed E-state index contributed by atoms with van der Waals surface area (Å²) in [5.74, 6) is -0.384. The van der Waals surface area contributed by atoms with Crippen LogP contribution in [0.2, 0.25) is 0 Å². The van der Waals surface area contributed by atoms with Crippen molar-refractivity contribution in [3.63, 3.8) is 0 Å². The number of carbonyl (C=O) groups is 2. The Morgan fingerprint density at radius 1 is 1.17 bits per heavy atom. The second-order valence-electron chi connectivity index (χ2n) is 8.75. The fourth-order valence-electron chi connectivity index (χ4n) is 3.84. The highest BCUT2D eigenvalue weighted by Crippen LogP contribution is 2.28. The van der Waals surface area contributed by atoms with E-state index in [2.05, 4.69) is 20.6 Å². The first kappa shape index (κ1) is 24.5. The van der Waals surface area contributed by atoms with Gasteiger partial charge >= 0.3 is 0 Å². The van der Waals surface area contributed by atoms with Crippen LogP contribution in [0.4, 0.5) is 0 Å². The Morgan fingerprint density at radius 3 is 2.66 bits per heavy atom. The van der Waals surface area contributed by atoms with E-state index in [1.165, 1.54) is 11.3 Å². The number of aliphatic hydroxyl groups excluding tert-OH is 1. The fourth-order valence-corrected chi connectivity index (χ4v) is 4.48. The number of aliphatic hydroxyl groups is 1. The van der Waals surface area contributed by atoms with E-state index in [4.69, 9.17) is 4.98 Å². The van der Waals surface area contributed by atoms with Crippen molar-refractivity contribution in [3.8, 4) is 11.3 Å². The maximum absolute atomic E-state index is 13.4. The zero-order valence-corrected chi connectivity index (χ0v) is 20.7. The van der Waals surface area contributed by atoms with E-state index in [1.54, 1.807) is 35.1 Å². The van der Waals surface area contributed by atoms with Crippen LogP contribution in [0.5, 0.6) is 0 Å². The van der Waals surface area contributed by atoms with Gasteiger partial charge in [0.05, 0.1) is 42.3 Å². The van der Waals surface area contributed by atoms with Crippen LogP contribution in [0.1, 0.15) is 52.5 Å². The Bertz CT molecular complexity index is 1320. The molecule has 0 aliphatic carbocycles. The lowest BCUT2D eigenvalue weighted by molar-refractivity contribution is 0.0901. The molecule has 2 amide bonds. The number of hydrogen-bond donors (Lipinski definition) is 3. The molecule has 0 bridgehead atoms. The summed E-state index contributed by atoms with van der Waals surface area (Å²) < 4.78 is 1.63. The Balaban J connectivity index is 1.69. The van der Waals surface area contributed by atoms with Crippen LogP contribution in [-0.2, 0) is 6.54 Å². The number of carbonyl (C=O) groups excluding carboxylic acids is 2. The van der Waals surface area contributed by atoms with Crippen molar-refractivity contribution in [1.29, 1.82) is 0 Å². The summed E-state index contributed by atoms with van der Waals surface area (Å²) in [6.07, 6.45) is 5.62. The highest BCUT2D eigenvalue weighted by atomic mass is 32.1. The first-order valence-electron chi connectivity index (χ1n) is 11.4. The van der Waals surface area contributed by atoms with E-state index >= 15 is 0 Å². The number of nitrogens with zero attached hydrogens (tertiary/aromatic N) is 4. The third-order valence-electron chi connectivity index (χ3n) is 5.48. The molecule has 3 N–H and O–H groups in total. The molecule has 0 saturated carbocycles. The average Bonchev–Trinajstić information content (AvgIpc) is 3.50. The van der Waals surface area contributed by atoms with Gasteiger partial charge in [-0.1, -0.05) is 13.8 Å². The first-order valence-corrected chi connectivity index (χ1v) is 12.3. The highest BCUT2D eigenvalue weighted by molar-refractivity contribution is 7.08. The van der Waals surface area contributed by atoms with Crippen LogP contribution in [0.3, 0.4) is 0 Å². The minimum Gasteiger partial charge on any atom is -0.394 e. The predicted octanol–water partition coefficient (Wildman–Crippen LogP) is 3.23. The molecular weight excluding hydrogens is 464 g/mol. The van der Waals surface area contributed by atoms with E-state index in [0.29, 0.717) is 40.6 Å². The van der Waals surface area contributed by atoms with Gasteiger partial charge in [0, 0.05) is 23.3 Å². The molecule has 4 heterocycles. The van der Waals surface area contributed by atoms with Gasteiger partial charge in [-0.25, -0.2) is 4.98 Å². The molecule has 4 aromatic rings. The number of aryl methyl sites for hydroxylation is 1. The molecule has 4 aromatic heterocycles. The SMILES string of the molecule is Cc1cnc(CNC(=O)c2cccn3c(C(=O)N[C@H](CO)CC(C)C)c(-c4ccsc4)nc23)cn1. The van der Waals surface area contributed by atoms with Gasteiger partial charge in [-0.3, -0.25) is 24.0 Å². The molecule has 0 fully saturated rings. The van der Waals surface area contributed by atoms with Gasteiger partial charge in [0.1, 0.15) is 11.4 Å². The van der Waals surface area contributed by atoms with Crippen LogP contribution in [0.15, 0.2) is 47.5 Å². The molecule has 1 atom stereocenters. The molecule has 35 heavy (non-hydrogen) atoms. The third-order valence-corrected chi connectivity index (χ3v) is 6.16. The van der Waals surface area contributed by atoms with Gasteiger partial charge in [0.15, 0.2) is 5.65 Å². The quantitative estimate of drug-likeness (QED) is 0.330. The zero-order chi connectivity index (χ0) is 24.9. The lowest BCUT2D eigenvalue weighted by atomic mass is 10.0. The number of rotatable bonds is 9. The number of nitrogens with one attached hydrogen (secondary N) is 2. The van der Waals surface area contributed by atoms with E-state index < -0.39 is 0 Å². The van der Waals surface area contributed by atoms with Crippen LogP contribution in [0.25, 0.3) is 16.9 Å². The van der Waals surface area contributed by atoms with Crippen LogP contribution in [0, 0.1) is 12.8 Å². The van der Waals surface area contributed by atoms with Crippen LogP contribution < -0.4 is 10.6 Å². The van der Waals surface area contributed by atoms with Gasteiger partial charge in [0.25, 0.3) is 11.8 Å². The Labute approximate surface area is 207 Å². The molecule has 10 heteroatoms. The van der Waals surface area contributed by atoms with Crippen molar-refractivity contribution in [3.05, 3.63) is 70.2 Å². The van der Waals surface area contributed by atoms with E-state index in [9.17, 15) is 14.7 Å². The van der Waals surface area contributed by atoms with E-state index in [-0.39, 0.29) is 31.0 Å². The molecule has 0 saturated heterocycles. The number of imidazole rings is 1. The number of hydrogen-bond acceptors (Lipinski definition) is 7. The van der Waals surface area contributed by atoms with Gasteiger partial charge in [-0.2, -0.15) is 11.3 Å². The number of amides is 2. The number of pyridine rings is 1. The lowest BCUT2D eigenvalue weighted by Gasteiger charge is -2.18. The standard InChI is InChI=1S/C25H28N6O3S/c1-15(2)9-18(13-32)29-25(34)22-21(17-6-8-35-14-17)30-23-20(5-4-7-31(22)23)24(33)28-12-19-11-26-16(3)10-27-19/h4-8,10-11,14-15,18,32H,9,12-13H2,1-3H3,(H,28,33)(H,29,34)/t18-/m0/s1. The van der Waals surface area contributed by atoms with Crippen molar-refractivity contribution in [1.82, 2.24) is 30.0 Å². The number of fused-ring (bicyclic) bond motifs is 1. The summed E-state index contributed by atoms with van der Waals surface area (Å²) in [4.78, 5) is 39.7. The monoisotopic (exact) mass is 492 g/mol. The minimum atomic E-state index is -0.384. The Kier molecular flexibility index (Phi) is 7.52. The molecule has 0 aromatic carbocycles. The summed E-state index contributed by atoms with van der Waals surface area (Å²) in [6, 6.07) is 4.88. The predicted molar refractivity (Wildman–Crippen MR) is 134 cm³/mol. The van der Waals surface area contributed by atoms with Crippen molar-refractivity contribution in [2.75, 3.05) is 6.61 Å². The molecule has 0 aliphatic rings. The number of aromatic nitrogens is 4. The molecule has 182 valence electrons. The normalized spacial score (nSPS) is 12.1. The second-order valence-corrected chi connectivity index (χ2v) is 9.53. The van der Waals surface area contributed by atoms with Crippen molar-refractivity contribution >= 4 is 28.8 Å². The molecule has 0 radical (unpaired) electrons. The maximum Gasteiger partial charge on any atom is 0.270 e. The summed E-state index contributed by atoms with van der Waals surface area (Å²) in [5, 5.41) is 19.4. The summed E-state index contributed by atoms with van der Waals surface area (Å²) >= 11 is 1.50. The summed E-state index contributed by atoms with van der Waals surface area (Å²) in [7, 11) is 0. The second kappa shape index (κ2) is 10.7.